The number of aliphatic hydroxyl groups is 1. The highest BCUT2D eigenvalue weighted by Gasteiger charge is 2.39. The van der Waals surface area contributed by atoms with E-state index in [-0.39, 0.29) is 5.96 Å². The number of likely N-dealkylation sites (tertiary alicyclic amines) is 1. The molecule has 0 unspecified atom stereocenters. The normalized spacial score (nSPS) is 22.0. The molecule has 0 aliphatic carbocycles. The van der Waals surface area contributed by atoms with Gasteiger partial charge < -0.3 is 15.7 Å². The maximum atomic E-state index is 9.44. The van der Waals surface area contributed by atoms with Crippen LogP contribution in [-0.4, -0.2) is 34.7 Å². The van der Waals surface area contributed by atoms with Crippen LogP contribution in [0.1, 0.15) is 13.3 Å². The Morgan fingerprint density at radius 2 is 2.30 bits per heavy atom. The van der Waals surface area contributed by atoms with E-state index in [1.165, 1.54) is 0 Å². The number of hydrogen-bond donors (Lipinski definition) is 3. The van der Waals surface area contributed by atoms with Crippen molar-refractivity contribution in [3.63, 3.8) is 0 Å². The van der Waals surface area contributed by atoms with E-state index in [9.17, 15) is 5.11 Å². The predicted molar refractivity (Wildman–Crippen MR) is 38.7 cm³/mol. The number of guanidine groups is 1. The molecule has 0 saturated carbocycles. The molecule has 1 rings (SSSR count). The zero-order valence-corrected chi connectivity index (χ0v) is 6.09. The van der Waals surface area contributed by atoms with Gasteiger partial charge in [-0.05, 0) is 6.42 Å². The van der Waals surface area contributed by atoms with E-state index in [1.807, 2.05) is 6.92 Å². The van der Waals surface area contributed by atoms with Crippen LogP contribution in [0.3, 0.4) is 0 Å². The van der Waals surface area contributed by atoms with Crippen molar-refractivity contribution < 1.29 is 5.11 Å². The largest absolute Gasteiger partial charge is 0.386 e. The van der Waals surface area contributed by atoms with E-state index in [0.29, 0.717) is 13.1 Å². The molecule has 0 aromatic heterocycles. The van der Waals surface area contributed by atoms with Crippen molar-refractivity contribution in [3.8, 4) is 0 Å². The third-order valence-corrected chi connectivity index (χ3v) is 1.97. The average Bonchev–Trinajstić information content (AvgIpc) is 1.80. The number of β-amino-alcohol motifs (C(OH)–C–C–N with tert-alkyl or cyclic N) is 1. The molecular formula is C6H13N3O. The monoisotopic (exact) mass is 143 g/mol. The predicted octanol–water partition coefficient (Wildman–Crippen LogP) is -0.663. The van der Waals surface area contributed by atoms with Gasteiger partial charge in [-0.1, -0.05) is 6.92 Å². The molecule has 1 aliphatic heterocycles. The molecule has 1 aliphatic rings. The molecule has 0 aromatic rings. The maximum absolute atomic E-state index is 9.44. The summed E-state index contributed by atoms with van der Waals surface area (Å²) in [5.74, 6) is 0.0538. The van der Waals surface area contributed by atoms with Gasteiger partial charge in [0, 0.05) is 0 Å². The van der Waals surface area contributed by atoms with Crippen molar-refractivity contribution in [3.05, 3.63) is 0 Å². The molecule has 0 radical (unpaired) electrons. The lowest BCUT2D eigenvalue weighted by atomic mass is 9.92. The zero-order chi connectivity index (χ0) is 7.78. The fourth-order valence-corrected chi connectivity index (χ4v) is 1.06. The summed E-state index contributed by atoms with van der Waals surface area (Å²) in [4.78, 5) is 1.64. The summed E-state index contributed by atoms with van der Waals surface area (Å²) in [6.07, 6.45) is 0.733. The number of nitrogens with two attached hydrogens (primary N) is 1. The van der Waals surface area contributed by atoms with Crippen LogP contribution in [0.15, 0.2) is 0 Å². The van der Waals surface area contributed by atoms with Gasteiger partial charge >= 0.3 is 0 Å². The van der Waals surface area contributed by atoms with Crippen molar-refractivity contribution in [1.29, 1.82) is 5.41 Å². The topological polar surface area (TPSA) is 73.3 Å². The second-order valence-electron chi connectivity index (χ2n) is 2.82. The first-order valence-corrected chi connectivity index (χ1v) is 3.39. The van der Waals surface area contributed by atoms with Gasteiger partial charge in [0.05, 0.1) is 18.7 Å². The van der Waals surface area contributed by atoms with Crippen molar-refractivity contribution in [2.75, 3.05) is 13.1 Å². The number of nitrogens with zero attached hydrogens (tertiary/aromatic N) is 1. The molecule has 0 atom stereocenters. The first-order chi connectivity index (χ1) is 4.57. The molecule has 0 amide bonds. The summed E-state index contributed by atoms with van der Waals surface area (Å²) in [7, 11) is 0. The van der Waals surface area contributed by atoms with Crippen molar-refractivity contribution in [1.82, 2.24) is 4.90 Å². The van der Waals surface area contributed by atoms with Gasteiger partial charge in [-0.15, -0.1) is 0 Å². The first-order valence-electron chi connectivity index (χ1n) is 3.39. The molecule has 0 bridgehead atoms. The van der Waals surface area contributed by atoms with Crippen molar-refractivity contribution in [2.45, 2.75) is 18.9 Å². The van der Waals surface area contributed by atoms with Crippen LogP contribution in [0.2, 0.25) is 0 Å². The molecule has 1 heterocycles. The third kappa shape index (κ3) is 1.07. The number of nitrogens with one attached hydrogen (secondary N) is 1. The molecule has 58 valence electrons. The molecule has 1 saturated heterocycles. The Bertz CT molecular complexity index is 151. The highest BCUT2D eigenvalue weighted by atomic mass is 16.3. The maximum Gasteiger partial charge on any atom is 0.188 e. The van der Waals surface area contributed by atoms with Gasteiger partial charge in [-0.3, -0.25) is 5.41 Å². The van der Waals surface area contributed by atoms with Crippen LogP contribution >= 0.6 is 0 Å². The van der Waals surface area contributed by atoms with E-state index >= 15 is 0 Å². The highest BCUT2D eigenvalue weighted by molar-refractivity contribution is 5.75. The number of rotatable bonds is 1. The highest BCUT2D eigenvalue weighted by Crippen LogP contribution is 2.22. The second-order valence-corrected chi connectivity index (χ2v) is 2.82. The summed E-state index contributed by atoms with van der Waals surface area (Å²) >= 11 is 0. The van der Waals surface area contributed by atoms with E-state index < -0.39 is 5.60 Å². The fraction of sp³-hybridized carbons (Fsp3) is 0.833. The Morgan fingerprint density at radius 1 is 1.80 bits per heavy atom. The quantitative estimate of drug-likeness (QED) is 0.337. The van der Waals surface area contributed by atoms with Crippen LogP contribution in [-0.2, 0) is 0 Å². The van der Waals surface area contributed by atoms with E-state index in [4.69, 9.17) is 11.1 Å². The molecular weight excluding hydrogens is 130 g/mol. The van der Waals surface area contributed by atoms with Crippen LogP contribution < -0.4 is 5.73 Å². The van der Waals surface area contributed by atoms with Crippen LogP contribution in [0.25, 0.3) is 0 Å². The van der Waals surface area contributed by atoms with Gasteiger partial charge in [0.2, 0.25) is 0 Å². The van der Waals surface area contributed by atoms with Crippen molar-refractivity contribution in [2.24, 2.45) is 5.73 Å². The van der Waals surface area contributed by atoms with Crippen LogP contribution in [0, 0.1) is 5.41 Å². The van der Waals surface area contributed by atoms with Crippen LogP contribution in [0.5, 0.6) is 0 Å². The van der Waals surface area contributed by atoms with Gasteiger partial charge in [0.1, 0.15) is 0 Å². The molecule has 4 heteroatoms. The second kappa shape index (κ2) is 2.12. The minimum atomic E-state index is -0.578. The minimum absolute atomic E-state index is 0.0538. The third-order valence-electron chi connectivity index (χ3n) is 1.97. The lowest BCUT2D eigenvalue weighted by molar-refractivity contribution is -0.0689. The van der Waals surface area contributed by atoms with Gasteiger partial charge in [0.15, 0.2) is 5.96 Å². The summed E-state index contributed by atoms with van der Waals surface area (Å²) in [5.41, 5.74) is 4.59. The molecule has 4 N–H and O–H groups in total. The Morgan fingerprint density at radius 3 is 2.60 bits per heavy atom. The van der Waals surface area contributed by atoms with Gasteiger partial charge in [-0.2, -0.15) is 0 Å². The van der Waals surface area contributed by atoms with Crippen LogP contribution in [0.4, 0.5) is 0 Å². The minimum Gasteiger partial charge on any atom is -0.386 e. The van der Waals surface area contributed by atoms with E-state index in [0.717, 1.165) is 6.42 Å². The van der Waals surface area contributed by atoms with E-state index in [2.05, 4.69) is 0 Å². The van der Waals surface area contributed by atoms with Gasteiger partial charge in [0.25, 0.3) is 0 Å². The summed E-state index contributed by atoms with van der Waals surface area (Å²) < 4.78 is 0. The fourth-order valence-electron chi connectivity index (χ4n) is 1.06. The Balaban J connectivity index is 2.36. The molecule has 10 heavy (non-hydrogen) atoms. The molecule has 0 spiro atoms. The Hall–Kier alpha value is -0.770. The van der Waals surface area contributed by atoms with E-state index in [1.54, 1.807) is 4.90 Å². The van der Waals surface area contributed by atoms with Gasteiger partial charge in [-0.25, -0.2) is 0 Å². The average molecular weight is 143 g/mol. The summed E-state index contributed by atoms with van der Waals surface area (Å²) in [6.45, 7) is 2.95. The molecule has 0 aromatic carbocycles. The first kappa shape index (κ1) is 7.34. The lowest BCUT2D eigenvalue weighted by Gasteiger charge is -2.46. The zero-order valence-electron chi connectivity index (χ0n) is 6.09. The molecule has 1 fully saturated rings. The standard InChI is InChI=1S/C6H13N3O/c1-2-6(10)3-9(4-6)5(7)8/h10H,2-4H2,1H3,(H3,7,8). The summed E-state index contributed by atoms with van der Waals surface area (Å²) in [6, 6.07) is 0. The smallest absolute Gasteiger partial charge is 0.188 e. The SMILES string of the molecule is CCC1(O)CN(C(=N)N)C1. The summed E-state index contributed by atoms with van der Waals surface area (Å²) in [5, 5.41) is 16.4. The Labute approximate surface area is 60.1 Å². The lowest BCUT2D eigenvalue weighted by Crippen LogP contribution is -2.64. The van der Waals surface area contributed by atoms with Crippen molar-refractivity contribution >= 4 is 5.96 Å². The Kier molecular flexibility index (Phi) is 1.56. The number of hydrogen-bond acceptors (Lipinski definition) is 2. The molecule has 4 nitrogen and oxygen atoms in total.